The molecule has 0 amide bonds. The van der Waals surface area contributed by atoms with Crippen LogP contribution in [0.15, 0.2) is 18.2 Å². The molecule has 1 atom stereocenters. The number of rotatable bonds is 3. The molecule has 1 unspecified atom stereocenters. The molecule has 0 bridgehead atoms. The number of alkyl halides is 1. The van der Waals surface area contributed by atoms with E-state index in [1.165, 1.54) is 6.07 Å². The fraction of sp³-hybridized carbons (Fsp3) is 0.533. The molecular formula is C15H19ClFN3. The van der Waals surface area contributed by atoms with Gasteiger partial charge in [-0.05, 0) is 38.6 Å². The van der Waals surface area contributed by atoms with Crippen molar-refractivity contribution in [3.05, 3.63) is 29.8 Å². The van der Waals surface area contributed by atoms with E-state index in [9.17, 15) is 4.39 Å². The third-order valence-corrected chi connectivity index (χ3v) is 4.22. The van der Waals surface area contributed by atoms with Crippen LogP contribution in [-0.2, 0) is 6.42 Å². The Hall–Kier alpha value is -1.13. The Labute approximate surface area is 123 Å². The molecule has 20 heavy (non-hydrogen) atoms. The molecule has 3 rings (SSSR count). The van der Waals surface area contributed by atoms with Gasteiger partial charge in [0.25, 0.3) is 0 Å². The summed E-state index contributed by atoms with van der Waals surface area (Å²) in [7, 11) is 2.13. The second-order valence-electron chi connectivity index (χ2n) is 5.50. The summed E-state index contributed by atoms with van der Waals surface area (Å²) in [6.45, 7) is 2.11. The van der Waals surface area contributed by atoms with Crippen molar-refractivity contribution >= 4 is 22.6 Å². The minimum absolute atomic E-state index is 0.249. The van der Waals surface area contributed by atoms with Crippen molar-refractivity contribution in [3.8, 4) is 0 Å². The van der Waals surface area contributed by atoms with E-state index in [0.717, 1.165) is 37.3 Å². The van der Waals surface area contributed by atoms with Crippen LogP contribution in [0, 0.1) is 5.82 Å². The summed E-state index contributed by atoms with van der Waals surface area (Å²) in [5.41, 5.74) is 1.37. The molecule has 2 aromatic rings. The van der Waals surface area contributed by atoms with Crippen molar-refractivity contribution in [3.63, 3.8) is 0 Å². The van der Waals surface area contributed by atoms with Gasteiger partial charge in [0.1, 0.15) is 11.3 Å². The molecule has 2 heterocycles. The Morgan fingerprint density at radius 2 is 2.30 bits per heavy atom. The van der Waals surface area contributed by atoms with Crippen molar-refractivity contribution in [2.24, 2.45) is 0 Å². The van der Waals surface area contributed by atoms with Gasteiger partial charge >= 0.3 is 0 Å². The topological polar surface area (TPSA) is 21.1 Å². The normalized spacial score (nSPS) is 20.6. The molecule has 5 heteroatoms. The number of hydrogen-bond acceptors (Lipinski definition) is 2. The summed E-state index contributed by atoms with van der Waals surface area (Å²) in [5, 5.41) is 0. The van der Waals surface area contributed by atoms with Crippen molar-refractivity contribution in [2.45, 2.75) is 25.3 Å². The molecule has 108 valence electrons. The highest BCUT2D eigenvalue weighted by Gasteiger charge is 2.24. The number of para-hydroxylation sites is 1. The molecule has 0 radical (unpaired) electrons. The summed E-state index contributed by atoms with van der Waals surface area (Å²) < 4.78 is 16.1. The van der Waals surface area contributed by atoms with Gasteiger partial charge in [-0.15, -0.1) is 11.6 Å². The third kappa shape index (κ3) is 2.42. The highest BCUT2D eigenvalue weighted by molar-refractivity contribution is 6.17. The van der Waals surface area contributed by atoms with E-state index < -0.39 is 0 Å². The van der Waals surface area contributed by atoms with Crippen LogP contribution in [-0.4, -0.2) is 40.5 Å². The van der Waals surface area contributed by atoms with Gasteiger partial charge in [-0.3, -0.25) is 0 Å². The first-order valence-electron chi connectivity index (χ1n) is 7.10. The molecular weight excluding hydrogens is 277 g/mol. The lowest BCUT2D eigenvalue weighted by Gasteiger charge is -2.31. The molecule has 3 nitrogen and oxygen atoms in total. The largest absolute Gasteiger partial charge is 0.323 e. The molecule has 0 spiro atoms. The van der Waals surface area contributed by atoms with E-state index in [-0.39, 0.29) is 5.82 Å². The molecule has 0 N–H and O–H groups in total. The maximum atomic E-state index is 13.9. The SMILES string of the molecule is CN1CCCC(n2c(CCCl)nc3c(F)cccc32)C1. The number of halogens is 2. The van der Waals surface area contributed by atoms with Crippen LogP contribution in [0.25, 0.3) is 11.0 Å². The lowest BCUT2D eigenvalue weighted by molar-refractivity contribution is 0.212. The summed E-state index contributed by atoms with van der Waals surface area (Å²) in [6.07, 6.45) is 2.95. The summed E-state index contributed by atoms with van der Waals surface area (Å²) in [6, 6.07) is 5.54. The van der Waals surface area contributed by atoms with Crippen molar-refractivity contribution in [2.75, 3.05) is 26.0 Å². The van der Waals surface area contributed by atoms with Gasteiger partial charge in [0.05, 0.1) is 5.52 Å². The van der Waals surface area contributed by atoms with Crippen LogP contribution in [0.2, 0.25) is 0 Å². The summed E-state index contributed by atoms with van der Waals surface area (Å²) >= 11 is 5.89. The Balaban J connectivity index is 2.11. The lowest BCUT2D eigenvalue weighted by Crippen LogP contribution is -2.34. The number of likely N-dealkylation sites (tertiary alicyclic amines) is 1. The van der Waals surface area contributed by atoms with Gasteiger partial charge in [-0.1, -0.05) is 6.07 Å². The molecule has 0 saturated carbocycles. The Bertz CT molecular complexity index is 610. The lowest BCUT2D eigenvalue weighted by atomic mass is 10.1. The standard InChI is InChI=1S/C15H19ClFN3/c1-19-9-3-4-11(10-19)20-13-6-2-5-12(17)15(13)18-14(20)7-8-16/h2,5-6,11H,3-4,7-10H2,1H3. The number of piperidine rings is 1. The maximum absolute atomic E-state index is 13.9. The quantitative estimate of drug-likeness (QED) is 0.811. The molecule has 1 fully saturated rings. The molecule has 1 saturated heterocycles. The number of likely N-dealkylation sites (N-methyl/N-ethyl adjacent to an activating group) is 1. The summed E-state index contributed by atoms with van der Waals surface area (Å²) in [4.78, 5) is 6.81. The predicted molar refractivity (Wildman–Crippen MR) is 79.9 cm³/mol. The Morgan fingerprint density at radius 3 is 3.05 bits per heavy atom. The van der Waals surface area contributed by atoms with Crippen molar-refractivity contribution in [1.82, 2.24) is 14.5 Å². The second-order valence-corrected chi connectivity index (χ2v) is 5.88. The van der Waals surface area contributed by atoms with E-state index in [1.807, 2.05) is 6.07 Å². The highest BCUT2D eigenvalue weighted by Crippen LogP contribution is 2.28. The first-order chi connectivity index (χ1) is 9.70. The van der Waals surface area contributed by atoms with E-state index in [0.29, 0.717) is 23.9 Å². The zero-order valence-corrected chi connectivity index (χ0v) is 12.4. The number of hydrogen-bond donors (Lipinski definition) is 0. The highest BCUT2D eigenvalue weighted by atomic mass is 35.5. The van der Waals surface area contributed by atoms with Crippen LogP contribution < -0.4 is 0 Å². The van der Waals surface area contributed by atoms with Gasteiger partial charge in [-0.25, -0.2) is 9.37 Å². The van der Waals surface area contributed by atoms with Gasteiger partial charge < -0.3 is 9.47 Å². The van der Waals surface area contributed by atoms with Crippen LogP contribution in [0.4, 0.5) is 4.39 Å². The van der Waals surface area contributed by atoms with E-state index >= 15 is 0 Å². The average Bonchev–Trinajstić information content (AvgIpc) is 2.79. The van der Waals surface area contributed by atoms with Gasteiger partial charge in [0.2, 0.25) is 0 Å². The van der Waals surface area contributed by atoms with Gasteiger partial charge in [0, 0.05) is 24.9 Å². The molecule has 1 aromatic heterocycles. The molecule has 1 aliphatic heterocycles. The van der Waals surface area contributed by atoms with Gasteiger partial charge in [-0.2, -0.15) is 0 Å². The molecule has 1 aliphatic rings. The Morgan fingerprint density at radius 1 is 1.45 bits per heavy atom. The number of nitrogens with zero attached hydrogens (tertiary/aromatic N) is 3. The maximum Gasteiger partial charge on any atom is 0.151 e. The molecule has 0 aliphatic carbocycles. The summed E-state index contributed by atoms with van der Waals surface area (Å²) in [5.74, 6) is 1.16. The first-order valence-corrected chi connectivity index (χ1v) is 7.64. The number of aryl methyl sites for hydroxylation is 1. The number of fused-ring (bicyclic) bond motifs is 1. The van der Waals surface area contributed by atoms with Crippen molar-refractivity contribution < 1.29 is 4.39 Å². The number of benzene rings is 1. The van der Waals surface area contributed by atoms with Crippen LogP contribution >= 0.6 is 11.6 Å². The minimum atomic E-state index is -0.249. The number of imidazole rings is 1. The van der Waals surface area contributed by atoms with Gasteiger partial charge in [0.15, 0.2) is 5.82 Å². The zero-order chi connectivity index (χ0) is 14.1. The minimum Gasteiger partial charge on any atom is -0.323 e. The second kappa shape index (κ2) is 5.70. The first kappa shape index (κ1) is 13.8. The number of aromatic nitrogens is 2. The average molecular weight is 296 g/mol. The van der Waals surface area contributed by atoms with E-state index in [2.05, 4.69) is 21.5 Å². The predicted octanol–water partition coefficient (Wildman–Crippen LogP) is 3.22. The monoisotopic (exact) mass is 295 g/mol. The van der Waals surface area contributed by atoms with E-state index in [4.69, 9.17) is 11.6 Å². The Kier molecular flexibility index (Phi) is 3.94. The van der Waals surface area contributed by atoms with Crippen LogP contribution in [0.3, 0.4) is 0 Å². The molecule has 1 aromatic carbocycles. The fourth-order valence-corrected chi connectivity index (χ4v) is 3.32. The fourth-order valence-electron chi connectivity index (χ4n) is 3.15. The van der Waals surface area contributed by atoms with Crippen molar-refractivity contribution in [1.29, 1.82) is 0 Å². The van der Waals surface area contributed by atoms with Crippen LogP contribution in [0.5, 0.6) is 0 Å². The smallest absolute Gasteiger partial charge is 0.151 e. The zero-order valence-electron chi connectivity index (χ0n) is 11.6. The third-order valence-electron chi connectivity index (χ3n) is 4.03. The van der Waals surface area contributed by atoms with Crippen LogP contribution in [0.1, 0.15) is 24.7 Å². The van der Waals surface area contributed by atoms with E-state index in [1.54, 1.807) is 6.07 Å².